The zero-order chi connectivity index (χ0) is 24.9. The molecule has 176 valence electrons. The van der Waals surface area contributed by atoms with Gasteiger partial charge in [0, 0.05) is 11.1 Å². The molecule has 0 radical (unpaired) electrons. The fourth-order valence-corrected chi connectivity index (χ4v) is 4.38. The Bertz CT molecular complexity index is 1480. The van der Waals surface area contributed by atoms with Gasteiger partial charge in [0.1, 0.15) is 11.5 Å². The van der Waals surface area contributed by atoms with E-state index in [9.17, 15) is 0 Å². The molecule has 1 aromatic heterocycles. The van der Waals surface area contributed by atoms with Crippen LogP contribution in [0, 0.1) is 0 Å². The van der Waals surface area contributed by atoms with Crippen molar-refractivity contribution in [3.05, 3.63) is 168 Å². The van der Waals surface area contributed by atoms with Gasteiger partial charge < -0.3 is 4.74 Å². The Morgan fingerprint density at radius 2 is 0.838 bits per heavy atom. The first-order chi connectivity index (χ1) is 18.3. The van der Waals surface area contributed by atoms with Gasteiger partial charge in [0.15, 0.2) is 0 Å². The molecule has 0 bridgehead atoms. The van der Waals surface area contributed by atoms with Crippen molar-refractivity contribution in [1.29, 1.82) is 0 Å². The van der Waals surface area contributed by atoms with Crippen molar-refractivity contribution >= 4 is 17.6 Å². The minimum Gasteiger partial charge on any atom is -0.456 e. The van der Waals surface area contributed by atoms with E-state index in [4.69, 9.17) is 9.15 Å². The third-order valence-corrected chi connectivity index (χ3v) is 6.20. The number of benzene rings is 4. The predicted molar refractivity (Wildman–Crippen MR) is 152 cm³/mol. The summed E-state index contributed by atoms with van der Waals surface area (Å²) in [6.07, 6.45) is 6.37. The van der Waals surface area contributed by atoms with Crippen molar-refractivity contribution < 1.29 is 9.15 Å². The van der Waals surface area contributed by atoms with E-state index in [-0.39, 0.29) is 0 Å². The van der Waals surface area contributed by atoms with Crippen LogP contribution in [0.1, 0.15) is 16.7 Å². The van der Waals surface area contributed by atoms with Crippen molar-refractivity contribution in [2.45, 2.75) is 0 Å². The average molecular weight is 478 g/mol. The lowest BCUT2D eigenvalue weighted by molar-refractivity contribution is 0.467. The van der Waals surface area contributed by atoms with Crippen LogP contribution in [0.5, 0.6) is 0 Å². The number of hydrogen-bond acceptors (Lipinski definition) is 1. The second kappa shape index (κ2) is 10.3. The summed E-state index contributed by atoms with van der Waals surface area (Å²) in [5, 5.41) is 0. The maximum absolute atomic E-state index is 6.38. The molecule has 1 aliphatic rings. The largest absolute Gasteiger partial charge is 0.456 e. The van der Waals surface area contributed by atoms with Crippen molar-refractivity contribution in [2.75, 3.05) is 0 Å². The fraction of sp³-hybridized carbons (Fsp3) is 0. The topological polar surface area (TPSA) is 20.5 Å². The van der Waals surface area contributed by atoms with Gasteiger partial charge in [-0.15, -0.1) is 0 Å². The Hall–Kier alpha value is -4.95. The molecule has 1 aliphatic heterocycles. The van der Waals surface area contributed by atoms with E-state index < -0.39 is 0 Å². The van der Waals surface area contributed by atoms with Crippen molar-refractivity contribution in [3.63, 3.8) is 0 Å². The SMILES string of the molecule is C(=C1C=C(c2ccccc2)OC(c2ccccc2)=C1)c1cc(-c2ccccc2)[o+]c(-c2ccccc2)c1. The van der Waals surface area contributed by atoms with E-state index >= 15 is 0 Å². The lowest BCUT2D eigenvalue weighted by atomic mass is 10.0. The summed E-state index contributed by atoms with van der Waals surface area (Å²) in [7, 11) is 0. The molecule has 0 spiro atoms. The molecule has 2 heteroatoms. The second-order valence-corrected chi connectivity index (χ2v) is 8.85. The first-order valence-corrected chi connectivity index (χ1v) is 12.3. The third kappa shape index (κ3) is 5.19. The van der Waals surface area contributed by atoms with Gasteiger partial charge in [-0.3, -0.25) is 0 Å². The van der Waals surface area contributed by atoms with Gasteiger partial charge in [-0.05, 0) is 53.6 Å². The molecule has 0 saturated heterocycles. The van der Waals surface area contributed by atoms with Crippen molar-refractivity contribution in [2.24, 2.45) is 0 Å². The molecule has 0 aliphatic carbocycles. The highest BCUT2D eigenvalue weighted by Crippen LogP contribution is 2.34. The van der Waals surface area contributed by atoms with Crippen LogP contribution in [-0.2, 0) is 4.74 Å². The Morgan fingerprint density at radius 1 is 0.459 bits per heavy atom. The van der Waals surface area contributed by atoms with E-state index in [1.807, 2.05) is 72.8 Å². The smallest absolute Gasteiger partial charge is 0.361 e. The van der Waals surface area contributed by atoms with Gasteiger partial charge in [-0.2, -0.15) is 0 Å². The molecular weight excluding hydrogens is 452 g/mol. The maximum atomic E-state index is 6.38. The average Bonchev–Trinajstić information content (AvgIpc) is 2.99. The summed E-state index contributed by atoms with van der Waals surface area (Å²) in [6.45, 7) is 0. The van der Waals surface area contributed by atoms with Crippen LogP contribution >= 0.6 is 0 Å². The van der Waals surface area contributed by atoms with Crippen LogP contribution in [0.2, 0.25) is 0 Å². The molecule has 0 fully saturated rings. The van der Waals surface area contributed by atoms with Gasteiger partial charge in [0.05, 0.1) is 23.3 Å². The minimum absolute atomic E-state index is 0.820. The Balaban J connectivity index is 1.49. The van der Waals surface area contributed by atoms with E-state index in [1.54, 1.807) is 0 Å². The summed E-state index contributed by atoms with van der Waals surface area (Å²) in [5.41, 5.74) is 6.24. The highest BCUT2D eigenvalue weighted by Gasteiger charge is 2.20. The van der Waals surface area contributed by atoms with Crippen LogP contribution in [0.25, 0.3) is 40.2 Å². The van der Waals surface area contributed by atoms with Crippen molar-refractivity contribution in [1.82, 2.24) is 0 Å². The third-order valence-electron chi connectivity index (χ3n) is 6.20. The summed E-state index contributed by atoms with van der Waals surface area (Å²) in [6, 6.07) is 45.0. The zero-order valence-electron chi connectivity index (χ0n) is 20.3. The molecule has 0 atom stereocenters. The van der Waals surface area contributed by atoms with Crippen LogP contribution < -0.4 is 0 Å². The fourth-order valence-electron chi connectivity index (χ4n) is 4.38. The second-order valence-electron chi connectivity index (χ2n) is 8.85. The molecule has 0 unspecified atom stereocenters. The molecule has 2 heterocycles. The molecule has 37 heavy (non-hydrogen) atoms. The van der Waals surface area contributed by atoms with Crippen LogP contribution in [0.15, 0.2) is 156 Å². The Kier molecular flexibility index (Phi) is 6.30. The number of rotatable bonds is 5. The van der Waals surface area contributed by atoms with Crippen LogP contribution in [0.4, 0.5) is 0 Å². The zero-order valence-corrected chi connectivity index (χ0v) is 20.3. The highest BCUT2D eigenvalue weighted by molar-refractivity contribution is 5.81. The Morgan fingerprint density at radius 3 is 1.24 bits per heavy atom. The molecule has 0 N–H and O–H groups in total. The van der Waals surface area contributed by atoms with Gasteiger partial charge >= 0.3 is 11.5 Å². The van der Waals surface area contributed by atoms with Crippen molar-refractivity contribution in [3.8, 4) is 22.6 Å². The molecule has 4 aromatic carbocycles. The predicted octanol–water partition coefficient (Wildman–Crippen LogP) is 9.39. The van der Waals surface area contributed by atoms with E-state index in [0.717, 1.165) is 56.4 Å². The molecule has 0 amide bonds. The lowest BCUT2D eigenvalue weighted by Crippen LogP contribution is -1.99. The quantitative estimate of drug-likeness (QED) is 0.235. The standard InChI is InChI=1S/C35H25O2/c1-5-13-28(14-6-1)32-22-26(23-33(36-32)29-15-7-2-8-16-29)21-27-24-34(30-17-9-3-10-18-30)37-35(25-27)31-19-11-4-12-20-31/h1-25H/q+1. The maximum Gasteiger partial charge on any atom is 0.361 e. The molecular formula is C35H25O2+. The lowest BCUT2D eigenvalue weighted by Gasteiger charge is -2.19. The summed E-state index contributed by atoms with van der Waals surface area (Å²) in [4.78, 5) is 0. The first kappa shape index (κ1) is 22.5. The van der Waals surface area contributed by atoms with E-state index in [2.05, 4.69) is 78.9 Å². The minimum atomic E-state index is 0.820. The summed E-state index contributed by atoms with van der Waals surface area (Å²) >= 11 is 0. The summed E-state index contributed by atoms with van der Waals surface area (Å²) < 4.78 is 12.8. The van der Waals surface area contributed by atoms with Gasteiger partial charge in [-0.1, -0.05) is 97.1 Å². The van der Waals surface area contributed by atoms with Gasteiger partial charge in [0.2, 0.25) is 0 Å². The normalized spacial score (nSPS) is 12.8. The number of allylic oxidation sites excluding steroid dienone is 3. The number of hydrogen-bond donors (Lipinski definition) is 0. The molecule has 2 nitrogen and oxygen atoms in total. The number of ether oxygens (including phenoxy) is 1. The molecule has 6 rings (SSSR count). The van der Waals surface area contributed by atoms with Crippen LogP contribution in [0.3, 0.4) is 0 Å². The van der Waals surface area contributed by atoms with Gasteiger partial charge in [-0.25, -0.2) is 4.42 Å². The monoisotopic (exact) mass is 477 g/mol. The molecule has 5 aromatic rings. The van der Waals surface area contributed by atoms with Gasteiger partial charge in [0.25, 0.3) is 0 Å². The van der Waals surface area contributed by atoms with E-state index in [1.165, 1.54) is 0 Å². The Labute approximate surface area is 217 Å². The van der Waals surface area contributed by atoms with E-state index in [0.29, 0.717) is 0 Å². The van der Waals surface area contributed by atoms with Crippen LogP contribution in [-0.4, -0.2) is 0 Å². The first-order valence-electron chi connectivity index (χ1n) is 12.3. The molecule has 0 saturated carbocycles. The highest BCUT2D eigenvalue weighted by atomic mass is 16.5. The summed E-state index contributed by atoms with van der Waals surface area (Å²) in [5.74, 6) is 3.28.